The fourth-order valence-electron chi connectivity index (χ4n) is 5.62. The van der Waals surface area contributed by atoms with Gasteiger partial charge in [0.2, 0.25) is 23.1 Å². The van der Waals surface area contributed by atoms with Gasteiger partial charge in [0, 0.05) is 36.7 Å². The summed E-state index contributed by atoms with van der Waals surface area (Å²) in [7, 11) is 2.72. The summed E-state index contributed by atoms with van der Waals surface area (Å²) in [4.78, 5) is 25.3. The van der Waals surface area contributed by atoms with Crippen LogP contribution in [0.25, 0.3) is 11.1 Å². The second-order valence-electron chi connectivity index (χ2n) is 11.9. The van der Waals surface area contributed by atoms with Gasteiger partial charge in [-0.15, -0.1) is 5.10 Å². The Labute approximate surface area is 282 Å². The van der Waals surface area contributed by atoms with E-state index in [0.717, 1.165) is 42.4 Å². The Morgan fingerprint density at radius 3 is 2.02 bits per heavy atom. The number of unbranched alkanes of at least 4 members (excludes halogenated alkanes) is 3. The van der Waals surface area contributed by atoms with Crippen LogP contribution in [0.3, 0.4) is 0 Å². The number of carbonyl (C=O) groups excluding carboxylic acids is 2. The normalized spacial score (nSPS) is 14.9. The minimum Gasteiger partial charge on any atom is -0.489 e. The molecule has 2 aromatic carbocycles. The van der Waals surface area contributed by atoms with Crippen LogP contribution in [-0.2, 0) is 47.9 Å². The zero-order chi connectivity index (χ0) is 34.3. The summed E-state index contributed by atoms with van der Waals surface area (Å²) >= 11 is 0. The third kappa shape index (κ3) is 10.7. The Hall–Kier alpha value is -4.16. The van der Waals surface area contributed by atoms with Gasteiger partial charge in [-0.25, -0.2) is 0 Å². The van der Waals surface area contributed by atoms with E-state index < -0.39 is 12.2 Å². The molecule has 2 N–H and O–H groups in total. The topological polar surface area (TPSA) is 142 Å². The number of ketones is 2. The van der Waals surface area contributed by atoms with Crippen LogP contribution >= 0.6 is 0 Å². The van der Waals surface area contributed by atoms with E-state index in [-0.39, 0.29) is 36.3 Å². The molecule has 4 rings (SSSR count). The number of Topliss-reactive ketones (excluding diaryl/α,β-unsaturated/α-hetero) is 2. The Bertz CT molecular complexity index is 1530. The first-order valence-corrected chi connectivity index (χ1v) is 16.5. The summed E-state index contributed by atoms with van der Waals surface area (Å²) in [6.07, 6.45) is 5.30. The minimum atomic E-state index is -0.722. The molecule has 11 nitrogen and oxygen atoms in total. The van der Waals surface area contributed by atoms with Crippen molar-refractivity contribution in [3.8, 4) is 11.1 Å². The van der Waals surface area contributed by atoms with Crippen molar-refractivity contribution in [3.05, 3.63) is 94.7 Å². The number of nitrogens with zero attached hydrogens (tertiary/aromatic N) is 3. The third-order valence-electron chi connectivity index (χ3n) is 8.21. The maximum absolute atomic E-state index is 12.7. The molecule has 0 amide bonds. The van der Waals surface area contributed by atoms with Gasteiger partial charge in [-0.2, -0.15) is 0 Å². The number of aliphatic hydroxyl groups excluding tert-OH is 2. The highest BCUT2D eigenvalue weighted by Crippen LogP contribution is 2.29. The number of methoxy groups -OCH3 is 2. The Kier molecular flexibility index (Phi) is 14.5. The molecule has 0 fully saturated rings. The highest BCUT2D eigenvalue weighted by atomic mass is 16.5. The lowest BCUT2D eigenvalue weighted by atomic mass is 9.89. The lowest BCUT2D eigenvalue weighted by molar-refractivity contribution is -0.121. The van der Waals surface area contributed by atoms with Crippen LogP contribution in [0, 0.1) is 0 Å². The van der Waals surface area contributed by atoms with Gasteiger partial charge in [0.15, 0.2) is 0 Å². The maximum atomic E-state index is 12.7. The molecule has 0 bridgehead atoms. The Morgan fingerprint density at radius 1 is 0.750 bits per heavy atom. The molecule has 0 saturated carbocycles. The number of carbonyl (C=O) groups is 2. The number of hydrogen-bond donors (Lipinski definition) is 2. The van der Waals surface area contributed by atoms with Crippen molar-refractivity contribution in [2.24, 2.45) is 0 Å². The predicted molar refractivity (Wildman–Crippen MR) is 180 cm³/mol. The molecule has 1 heterocycles. The van der Waals surface area contributed by atoms with E-state index in [2.05, 4.69) is 34.6 Å². The highest BCUT2D eigenvalue weighted by molar-refractivity contribution is 6.23. The number of benzene rings is 2. The molecule has 48 heavy (non-hydrogen) atoms. The average Bonchev–Trinajstić information content (AvgIpc) is 3.54. The first kappa shape index (κ1) is 36.7. The number of hydrogen-bond acceptors (Lipinski definition) is 10. The number of ether oxygens (including phenoxy) is 4. The molecule has 0 unspecified atom stereocenters. The molecule has 1 aliphatic rings. The van der Waals surface area contributed by atoms with E-state index in [1.807, 2.05) is 36.5 Å². The van der Waals surface area contributed by atoms with Crippen molar-refractivity contribution in [1.29, 1.82) is 0 Å². The standard InChI is InChI=1S/C37H47N3O8/c1-26-33(35(44)37(46-3)36(45-2)34(26)43)13-9-4-5-10-18-40-23-30(38-39-40)22-32(42)25-48-20-19-47-24-31(41)21-27-14-16-29(17-15-27)28-11-7-6-8-12-28/h6-8,11-12,14-17,23,31-32,41-42H,4-5,9-10,13,18-22,24-25H2,1-3H3/t31-,32-/m0/s1. The van der Waals surface area contributed by atoms with Crippen molar-refractivity contribution in [2.75, 3.05) is 40.6 Å². The van der Waals surface area contributed by atoms with Gasteiger partial charge in [-0.05, 0) is 42.9 Å². The second-order valence-corrected chi connectivity index (χ2v) is 11.9. The zero-order valence-corrected chi connectivity index (χ0v) is 28.1. The molecular weight excluding hydrogens is 614 g/mol. The molecule has 0 spiro atoms. The largest absolute Gasteiger partial charge is 0.489 e. The maximum Gasteiger partial charge on any atom is 0.228 e. The van der Waals surface area contributed by atoms with Crippen LogP contribution in [0.15, 0.2) is 83.5 Å². The van der Waals surface area contributed by atoms with Gasteiger partial charge >= 0.3 is 0 Å². The van der Waals surface area contributed by atoms with E-state index in [1.54, 1.807) is 11.6 Å². The van der Waals surface area contributed by atoms with Gasteiger partial charge < -0.3 is 29.2 Å². The van der Waals surface area contributed by atoms with Crippen LogP contribution in [0.4, 0.5) is 0 Å². The molecule has 0 aliphatic heterocycles. The molecule has 11 heteroatoms. The molecule has 0 radical (unpaired) electrons. The molecule has 3 aromatic rings. The Balaban J connectivity index is 1.03. The Morgan fingerprint density at radius 2 is 1.35 bits per heavy atom. The summed E-state index contributed by atoms with van der Waals surface area (Å²) in [6, 6.07) is 18.3. The van der Waals surface area contributed by atoms with Gasteiger partial charge in [-0.3, -0.25) is 14.3 Å². The second kappa shape index (κ2) is 19.0. The van der Waals surface area contributed by atoms with E-state index >= 15 is 0 Å². The zero-order valence-electron chi connectivity index (χ0n) is 28.1. The van der Waals surface area contributed by atoms with Crippen LogP contribution < -0.4 is 0 Å². The molecule has 1 aromatic heterocycles. The van der Waals surface area contributed by atoms with Gasteiger partial charge in [0.05, 0.1) is 58.5 Å². The first-order valence-electron chi connectivity index (χ1n) is 16.5. The number of allylic oxidation sites excluding steroid dienone is 2. The van der Waals surface area contributed by atoms with Crippen LogP contribution in [-0.4, -0.2) is 89.6 Å². The van der Waals surface area contributed by atoms with Gasteiger partial charge in [0.1, 0.15) is 0 Å². The van der Waals surface area contributed by atoms with Crippen molar-refractivity contribution in [3.63, 3.8) is 0 Å². The van der Waals surface area contributed by atoms with Crippen LogP contribution in [0.1, 0.15) is 50.3 Å². The van der Waals surface area contributed by atoms with Crippen LogP contribution in [0.5, 0.6) is 0 Å². The van der Waals surface area contributed by atoms with E-state index in [9.17, 15) is 19.8 Å². The predicted octanol–water partition coefficient (Wildman–Crippen LogP) is 4.41. The average molecular weight is 662 g/mol. The number of aromatic nitrogens is 3. The number of aliphatic hydroxyl groups is 2. The molecule has 1 aliphatic carbocycles. The van der Waals surface area contributed by atoms with Gasteiger partial charge in [-0.1, -0.05) is 72.7 Å². The fourth-order valence-corrected chi connectivity index (χ4v) is 5.62. The number of rotatable bonds is 21. The SMILES string of the molecule is COC1=C(OC)C(=O)C(CCCCCCn2cc(C[C@H](O)COCCOC[C@@H](O)Cc3ccc(-c4ccccc4)cc3)nn2)=C(C)C1=O. The molecule has 0 saturated heterocycles. The van der Waals surface area contributed by atoms with E-state index in [0.29, 0.717) is 55.9 Å². The number of aryl methyl sites for hydroxylation is 1. The van der Waals surface area contributed by atoms with Crippen molar-refractivity contribution < 1.29 is 38.7 Å². The smallest absolute Gasteiger partial charge is 0.228 e. The first-order chi connectivity index (χ1) is 23.3. The molecule has 258 valence electrons. The van der Waals surface area contributed by atoms with Crippen molar-refractivity contribution in [2.45, 2.75) is 70.6 Å². The van der Waals surface area contributed by atoms with Crippen molar-refractivity contribution in [1.82, 2.24) is 15.0 Å². The lowest BCUT2D eigenvalue weighted by Crippen LogP contribution is -2.25. The van der Waals surface area contributed by atoms with Crippen LogP contribution in [0.2, 0.25) is 0 Å². The molecule has 2 atom stereocenters. The summed E-state index contributed by atoms with van der Waals surface area (Å²) < 4.78 is 23.1. The van der Waals surface area contributed by atoms with Gasteiger partial charge in [0.25, 0.3) is 0 Å². The quantitative estimate of drug-likeness (QED) is 0.125. The lowest BCUT2D eigenvalue weighted by Gasteiger charge is -2.20. The molecular formula is C37H47N3O8. The summed E-state index contributed by atoms with van der Waals surface area (Å²) in [5.41, 5.74) is 4.93. The highest BCUT2D eigenvalue weighted by Gasteiger charge is 2.34. The van der Waals surface area contributed by atoms with Crippen molar-refractivity contribution >= 4 is 11.6 Å². The summed E-state index contributed by atoms with van der Waals surface area (Å²) in [6.45, 7) is 3.32. The third-order valence-corrected chi connectivity index (χ3v) is 8.21. The summed E-state index contributed by atoms with van der Waals surface area (Å²) in [5.74, 6) is -0.651. The van der Waals surface area contributed by atoms with E-state index in [1.165, 1.54) is 14.2 Å². The van der Waals surface area contributed by atoms with E-state index in [4.69, 9.17) is 18.9 Å². The summed E-state index contributed by atoms with van der Waals surface area (Å²) in [5, 5.41) is 29.0. The minimum absolute atomic E-state index is 0.0277. The fraction of sp³-hybridized carbons (Fsp3) is 0.459. The monoisotopic (exact) mass is 661 g/mol.